The summed E-state index contributed by atoms with van der Waals surface area (Å²) in [6.07, 6.45) is 2.60. The van der Waals surface area contributed by atoms with Crippen LogP contribution in [0.3, 0.4) is 0 Å². The van der Waals surface area contributed by atoms with Crippen LogP contribution in [0.25, 0.3) is 6.08 Å². The molecule has 138 valence electrons. The van der Waals surface area contributed by atoms with Gasteiger partial charge in [0, 0.05) is 25.7 Å². The smallest absolute Gasteiger partial charge is 0.328 e. The summed E-state index contributed by atoms with van der Waals surface area (Å²) in [6.45, 7) is 2.39. The number of carbonyl (C=O) groups is 1. The first kappa shape index (κ1) is 19.5. The Bertz CT molecular complexity index is 742. The van der Waals surface area contributed by atoms with Crippen LogP contribution < -0.4 is 9.64 Å². The highest BCUT2D eigenvalue weighted by molar-refractivity contribution is 5.84. The Kier molecular flexibility index (Phi) is 7.17. The largest absolute Gasteiger partial charge is 0.497 e. The molecule has 0 unspecified atom stereocenters. The molecule has 0 saturated carbocycles. The van der Waals surface area contributed by atoms with Crippen molar-refractivity contribution >= 4 is 17.9 Å². The lowest BCUT2D eigenvalue weighted by Gasteiger charge is -2.26. The fraction of sp³-hybridized carbons (Fsp3) is 0.300. The lowest BCUT2D eigenvalue weighted by molar-refractivity contribution is -0.131. The highest BCUT2D eigenvalue weighted by Crippen LogP contribution is 2.18. The molecule has 0 aliphatic rings. The SMILES string of the molecule is COc1ccc(CN(CCN(C)C)c2cccc(C=CC(=O)O)n2)cc1. The summed E-state index contributed by atoms with van der Waals surface area (Å²) < 4.78 is 5.21. The Morgan fingerprint density at radius 3 is 2.50 bits per heavy atom. The Labute approximate surface area is 154 Å². The fourth-order valence-electron chi connectivity index (χ4n) is 2.41. The molecule has 1 heterocycles. The second-order valence-electron chi connectivity index (χ2n) is 6.17. The summed E-state index contributed by atoms with van der Waals surface area (Å²) >= 11 is 0. The van der Waals surface area contributed by atoms with Crippen LogP contribution in [0.5, 0.6) is 5.75 Å². The van der Waals surface area contributed by atoms with Crippen molar-refractivity contribution in [2.45, 2.75) is 6.54 Å². The average Bonchev–Trinajstić information content (AvgIpc) is 2.64. The molecule has 2 rings (SSSR count). The third kappa shape index (κ3) is 6.22. The molecule has 0 spiro atoms. The van der Waals surface area contributed by atoms with Crippen molar-refractivity contribution in [3.63, 3.8) is 0 Å². The number of carboxylic acid groups (broad SMARTS) is 1. The van der Waals surface area contributed by atoms with Gasteiger partial charge >= 0.3 is 5.97 Å². The second kappa shape index (κ2) is 9.58. The lowest BCUT2D eigenvalue weighted by Crippen LogP contribution is -2.32. The molecule has 0 aliphatic carbocycles. The number of rotatable bonds is 9. The molecular weight excluding hydrogens is 330 g/mol. The van der Waals surface area contributed by atoms with Crippen LogP contribution in [-0.2, 0) is 11.3 Å². The summed E-state index contributed by atoms with van der Waals surface area (Å²) in [6, 6.07) is 13.6. The number of ether oxygens (including phenoxy) is 1. The number of hydrogen-bond acceptors (Lipinski definition) is 5. The normalized spacial score (nSPS) is 11.1. The van der Waals surface area contributed by atoms with Crippen molar-refractivity contribution in [2.75, 3.05) is 39.2 Å². The minimum atomic E-state index is -0.986. The second-order valence-corrected chi connectivity index (χ2v) is 6.17. The summed E-state index contributed by atoms with van der Waals surface area (Å²) in [5.74, 6) is 0.655. The molecule has 1 aromatic carbocycles. The Morgan fingerprint density at radius 1 is 1.15 bits per heavy atom. The van der Waals surface area contributed by atoms with E-state index in [0.717, 1.165) is 36.3 Å². The number of methoxy groups -OCH3 is 1. The standard InChI is InChI=1S/C20H25N3O3/c1-22(2)13-14-23(15-16-7-10-18(26-3)11-8-16)19-6-4-5-17(21-19)9-12-20(24)25/h4-12H,13-15H2,1-3H3,(H,24,25). The van der Waals surface area contributed by atoms with E-state index in [1.54, 1.807) is 13.2 Å². The number of aromatic nitrogens is 1. The number of pyridine rings is 1. The maximum absolute atomic E-state index is 10.7. The lowest BCUT2D eigenvalue weighted by atomic mass is 10.2. The summed E-state index contributed by atoms with van der Waals surface area (Å²) in [5.41, 5.74) is 1.77. The topological polar surface area (TPSA) is 65.9 Å². The molecule has 1 N–H and O–H groups in total. The number of anilines is 1. The zero-order valence-corrected chi connectivity index (χ0v) is 15.4. The minimum absolute atomic E-state index is 0.620. The molecule has 2 aromatic rings. The van der Waals surface area contributed by atoms with Crippen molar-refractivity contribution in [1.82, 2.24) is 9.88 Å². The fourth-order valence-corrected chi connectivity index (χ4v) is 2.41. The molecule has 6 nitrogen and oxygen atoms in total. The third-order valence-corrected chi connectivity index (χ3v) is 3.83. The molecule has 0 radical (unpaired) electrons. The molecule has 0 amide bonds. The zero-order chi connectivity index (χ0) is 18.9. The first-order chi connectivity index (χ1) is 12.5. The van der Waals surface area contributed by atoms with Crippen LogP contribution in [0, 0.1) is 0 Å². The van der Waals surface area contributed by atoms with Gasteiger partial charge in [0.1, 0.15) is 11.6 Å². The van der Waals surface area contributed by atoms with E-state index >= 15 is 0 Å². The van der Waals surface area contributed by atoms with Crippen molar-refractivity contribution in [3.05, 3.63) is 59.8 Å². The number of benzene rings is 1. The maximum atomic E-state index is 10.7. The van der Waals surface area contributed by atoms with Gasteiger partial charge < -0.3 is 19.6 Å². The van der Waals surface area contributed by atoms with E-state index in [9.17, 15) is 4.79 Å². The van der Waals surface area contributed by atoms with Crippen LogP contribution >= 0.6 is 0 Å². The Hall–Kier alpha value is -2.86. The first-order valence-electron chi connectivity index (χ1n) is 8.38. The monoisotopic (exact) mass is 355 g/mol. The van der Waals surface area contributed by atoms with Gasteiger partial charge in [0.2, 0.25) is 0 Å². The van der Waals surface area contributed by atoms with Crippen LogP contribution in [0.1, 0.15) is 11.3 Å². The van der Waals surface area contributed by atoms with Gasteiger partial charge in [-0.1, -0.05) is 18.2 Å². The first-order valence-corrected chi connectivity index (χ1v) is 8.38. The molecule has 1 aromatic heterocycles. The highest BCUT2D eigenvalue weighted by atomic mass is 16.5. The van der Waals surface area contributed by atoms with Gasteiger partial charge in [0.05, 0.1) is 12.8 Å². The van der Waals surface area contributed by atoms with Crippen molar-refractivity contribution < 1.29 is 14.6 Å². The van der Waals surface area contributed by atoms with Gasteiger partial charge in [-0.3, -0.25) is 0 Å². The van der Waals surface area contributed by atoms with Gasteiger partial charge in [-0.25, -0.2) is 9.78 Å². The number of hydrogen-bond donors (Lipinski definition) is 1. The van der Waals surface area contributed by atoms with E-state index < -0.39 is 5.97 Å². The Balaban J connectivity index is 2.22. The van der Waals surface area contributed by atoms with E-state index in [4.69, 9.17) is 9.84 Å². The van der Waals surface area contributed by atoms with E-state index in [1.807, 2.05) is 50.5 Å². The van der Waals surface area contributed by atoms with Gasteiger partial charge in [-0.15, -0.1) is 0 Å². The van der Waals surface area contributed by atoms with Crippen LogP contribution in [0.2, 0.25) is 0 Å². The number of carboxylic acids is 1. The van der Waals surface area contributed by atoms with E-state index in [2.05, 4.69) is 14.8 Å². The van der Waals surface area contributed by atoms with Crippen LogP contribution in [0.4, 0.5) is 5.82 Å². The molecule has 26 heavy (non-hydrogen) atoms. The van der Waals surface area contributed by atoms with Crippen molar-refractivity contribution in [1.29, 1.82) is 0 Å². The maximum Gasteiger partial charge on any atom is 0.328 e. The van der Waals surface area contributed by atoms with E-state index in [1.165, 1.54) is 6.08 Å². The van der Waals surface area contributed by atoms with Gasteiger partial charge in [0.15, 0.2) is 0 Å². The molecule has 0 aliphatic heterocycles. The predicted octanol–water partition coefficient (Wildman–Crippen LogP) is 2.76. The number of likely N-dealkylation sites (N-methyl/N-ethyl adjacent to an activating group) is 1. The molecule has 0 fully saturated rings. The zero-order valence-electron chi connectivity index (χ0n) is 15.4. The highest BCUT2D eigenvalue weighted by Gasteiger charge is 2.10. The summed E-state index contributed by atoms with van der Waals surface area (Å²) in [7, 11) is 5.72. The molecule has 6 heteroatoms. The molecule has 0 saturated heterocycles. The van der Waals surface area contributed by atoms with Crippen LogP contribution in [-0.4, -0.2) is 55.3 Å². The van der Waals surface area contributed by atoms with Crippen molar-refractivity contribution in [2.24, 2.45) is 0 Å². The van der Waals surface area contributed by atoms with Gasteiger partial charge in [-0.05, 0) is 50.0 Å². The van der Waals surface area contributed by atoms with Gasteiger partial charge in [-0.2, -0.15) is 0 Å². The predicted molar refractivity (Wildman–Crippen MR) is 104 cm³/mol. The van der Waals surface area contributed by atoms with E-state index in [-0.39, 0.29) is 0 Å². The summed E-state index contributed by atoms with van der Waals surface area (Å²) in [4.78, 5) is 19.6. The average molecular weight is 355 g/mol. The number of aliphatic carboxylic acids is 1. The third-order valence-electron chi connectivity index (χ3n) is 3.83. The molecule has 0 atom stereocenters. The Morgan fingerprint density at radius 2 is 1.88 bits per heavy atom. The van der Waals surface area contributed by atoms with Crippen molar-refractivity contribution in [3.8, 4) is 5.75 Å². The van der Waals surface area contributed by atoms with Gasteiger partial charge in [0.25, 0.3) is 0 Å². The number of nitrogens with zero attached hydrogens (tertiary/aromatic N) is 3. The van der Waals surface area contributed by atoms with E-state index in [0.29, 0.717) is 12.2 Å². The molecular formula is C20H25N3O3. The summed E-state index contributed by atoms with van der Waals surface area (Å²) in [5, 5.41) is 8.80. The minimum Gasteiger partial charge on any atom is -0.497 e. The quantitative estimate of drug-likeness (QED) is 0.698. The van der Waals surface area contributed by atoms with Crippen LogP contribution in [0.15, 0.2) is 48.5 Å². The molecule has 0 bridgehead atoms.